The molecule has 1 fully saturated rings. The molecule has 1 aromatic rings. The minimum absolute atomic E-state index is 0.372. The maximum Gasteiger partial charge on any atom is 0.573 e. The minimum Gasteiger partial charge on any atom is -0.406 e. The number of halogens is 3. The zero-order chi connectivity index (χ0) is 14.2. The predicted molar refractivity (Wildman–Crippen MR) is 57.5 cm³/mol. The van der Waals surface area contributed by atoms with Gasteiger partial charge in [-0.25, -0.2) is 9.86 Å². The molecule has 5 nitrogen and oxygen atoms in total. The number of ether oxygens (including phenoxy) is 1. The molecule has 1 heterocycles. The van der Waals surface area contributed by atoms with Gasteiger partial charge in [-0.15, -0.1) is 13.2 Å². The number of benzene rings is 1. The molecule has 1 saturated heterocycles. The summed E-state index contributed by atoms with van der Waals surface area (Å²) in [6.45, 7) is 1.57. The standard InChI is InChI=1S/C11H11F3N2O3/c1-6-9(15-10(17)16(6)18)7-3-2-4-8(5-7)19-11(12,13)14/h2-6,9,18H,1H3,(H,15,17). The van der Waals surface area contributed by atoms with Gasteiger partial charge >= 0.3 is 12.4 Å². The van der Waals surface area contributed by atoms with Crippen LogP contribution in [0.15, 0.2) is 24.3 Å². The van der Waals surface area contributed by atoms with E-state index >= 15 is 0 Å². The van der Waals surface area contributed by atoms with Crippen LogP contribution in [-0.4, -0.2) is 28.7 Å². The molecule has 19 heavy (non-hydrogen) atoms. The molecule has 2 atom stereocenters. The van der Waals surface area contributed by atoms with E-state index in [0.717, 1.165) is 6.07 Å². The fourth-order valence-corrected chi connectivity index (χ4v) is 1.91. The Kier molecular flexibility index (Phi) is 3.27. The number of hydrogen-bond acceptors (Lipinski definition) is 3. The first-order chi connectivity index (χ1) is 8.78. The van der Waals surface area contributed by atoms with Crippen molar-refractivity contribution in [2.45, 2.75) is 25.4 Å². The van der Waals surface area contributed by atoms with E-state index in [1.165, 1.54) is 12.1 Å². The summed E-state index contributed by atoms with van der Waals surface area (Å²) in [4.78, 5) is 11.2. The molecule has 0 bridgehead atoms. The summed E-state index contributed by atoms with van der Waals surface area (Å²) >= 11 is 0. The predicted octanol–water partition coefficient (Wildman–Crippen LogP) is 2.43. The highest BCUT2D eigenvalue weighted by molar-refractivity contribution is 5.76. The van der Waals surface area contributed by atoms with Gasteiger partial charge in [-0.3, -0.25) is 5.21 Å². The SMILES string of the molecule is CC1C(c2cccc(OC(F)(F)F)c2)NC(=O)N1O. The van der Waals surface area contributed by atoms with E-state index in [1.54, 1.807) is 13.0 Å². The lowest BCUT2D eigenvalue weighted by molar-refractivity contribution is -0.274. The Hall–Kier alpha value is -1.96. The van der Waals surface area contributed by atoms with Crippen LogP contribution in [0.3, 0.4) is 0 Å². The molecule has 1 aromatic carbocycles. The number of carbonyl (C=O) groups excluding carboxylic acids is 1. The van der Waals surface area contributed by atoms with Gasteiger partial charge in [0.2, 0.25) is 0 Å². The summed E-state index contributed by atoms with van der Waals surface area (Å²) in [5.41, 5.74) is 0.416. The molecule has 0 saturated carbocycles. The maximum absolute atomic E-state index is 12.1. The molecular formula is C11H11F3N2O3. The average Bonchev–Trinajstić information content (AvgIpc) is 2.55. The second-order valence-corrected chi connectivity index (χ2v) is 4.13. The number of nitrogens with one attached hydrogen (secondary N) is 1. The molecule has 2 rings (SSSR count). The van der Waals surface area contributed by atoms with Crippen molar-refractivity contribution in [1.82, 2.24) is 10.4 Å². The fourth-order valence-electron chi connectivity index (χ4n) is 1.91. The number of rotatable bonds is 2. The van der Waals surface area contributed by atoms with Crippen molar-refractivity contribution in [3.8, 4) is 5.75 Å². The van der Waals surface area contributed by atoms with E-state index in [2.05, 4.69) is 10.1 Å². The molecule has 0 radical (unpaired) electrons. The Morgan fingerprint density at radius 2 is 2.11 bits per heavy atom. The fraction of sp³-hybridized carbons (Fsp3) is 0.364. The quantitative estimate of drug-likeness (QED) is 0.815. The molecule has 2 unspecified atom stereocenters. The highest BCUT2D eigenvalue weighted by Crippen LogP contribution is 2.30. The molecule has 0 spiro atoms. The van der Waals surface area contributed by atoms with Gasteiger partial charge in [0.25, 0.3) is 0 Å². The van der Waals surface area contributed by atoms with E-state index in [-0.39, 0.29) is 5.75 Å². The van der Waals surface area contributed by atoms with Crippen molar-refractivity contribution in [2.24, 2.45) is 0 Å². The maximum atomic E-state index is 12.1. The first-order valence-electron chi connectivity index (χ1n) is 5.42. The molecule has 2 amide bonds. The largest absolute Gasteiger partial charge is 0.573 e. The lowest BCUT2D eigenvalue weighted by Gasteiger charge is -2.18. The van der Waals surface area contributed by atoms with Crippen molar-refractivity contribution in [3.63, 3.8) is 0 Å². The van der Waals surface area contributed by atoms with Gasteiger partial charge in [0.05, 0.1) is 12.1 Å². The Morgan fingerprint density at radius 3 is 2.63 bits per heavy atom. The van der Waals surface area contributed by atoms with Gasteiger partial charge in [-0.1, -0.05) is 12.1 Å². The normalized spacial score (nSPS) is 23.4. The molecule has 0 aliphatic carbocycles. The van der Waals surface area contributed by atoms with E-state index < -0.39 is 24.5 Å². The van der Waals surface area contributed by atoms with E-state index in [0.29, 0.717) is 10.6 Å². The molecule has 1 aliphatic heterocycles. The molecule has 8 heteroatoms. The summed E-state index contributed by atoms with van der Waals surface area (Å²) < 4.78 is 40.1. The summed E-state index contributed by atoms with van der Waals surface area (Å²) in [6.07, 6.45) is -4.77. The van der Waals surface area contributed by atoms with E-state index in [4.69, 9.17) is 0 Å². The van der Waals surface area contributed by atoms with Gasteiger partial charge in [0.1, 0.15) is 5.75 Å². The van der Waals surface area contributed by atoms with Crippen molar-refractivity contribution in [2.75, 3.05) is 0 Å². The van der Waals surface area contributed by atoms with Crippen LogP contribution in [0, 0.1) is 0 Å². The van der Waals surface area contributed by atoms with Crippen LogP contribution in [0.4, 0.5) is 18.0 Å². The monoisotopic (exact) mass is 276 g/mol. The van der Waals surface area contributed by atoms with Crippen LogP contribution in [-0.2, 0) is 0 Å². The smallest absolute Gasteiger partial charge is 0.406 e. The van der Waals surface area contributed by atoms with Crippen molar-refractivity contribution >= 4 is 6.03 Å². The van der Waals surface area contributed by atoms with Gasteiger partial charge in [0, 0.05) is 0 Å². The zero-order valence-corrected chi connectivity index (χ0v) is 9.81. The van der Waals surface area contributed by atoms with Crippen LogP contribution in [0.2, 0.25) is 0 Å². The number of nitrogens with zero attached hydrogens (tertiary/aromatic N) is 1. The molecule has 0 aromatic heterocycles. The van der Waals surface area contributed by atoms with E-state index in [9.17, 15) is 23.2 Å². The number of carbonyl (C=O) groups is 1. The average molecular weight is 276 g/mol. The van der Waals surface area contributed by atoms with Crippen LogP contribution in [0.5, 0.6) is 5.75 Å². The van der Waals surface area contributed by atoms with Gasteiger partial charge in [-0.2, -0.15) is 0 Å². The lowest BCUT2D eigenvalue weighted by atomic mass is 10.0. The molecule has 1 aliphatic rings. The van der Waals surface area contributed by atoms with Gasteiger partial charge in [0.15, 0.2) is 0 Å². The molecular weight excluding hydrogens is 265 g/mol. The molecule has 2 N–H and O–H groups in total. The second kappa shape index (κ2) is 4.61. The van der Waals surface area contributed by atoms with Crippen molar-refractivity contribution in [1.29, 1.82) is 0 Å². The highest BCUT2D eigenvalue weighted by atomic mass is 19.4. The third-order valence-electron chi connectivity index (χ3n) is 2.81. The topological polar surface area (TPSA) is 61.8 Å². The Bertz CT molecular complexity index is 492. The third kappa shape index (κ3) is 2.90. The third-order valence-corrected chi connectivity index (χ3v) is 2.81. The van der Waals surface area contributed by atoms with Gasteiger partial charge in [-0.05, 0) is 24.6 Å². The first kappa shape index (κ1) is 13.5. The zero-order valence-electron chi connectivity index (χ0n) is 9.81. The lowest BCUT2D eigenvalue weighted by Crippen LogP contribution is -2.28. The highest BCUT2D eigenvalue weighted by Gasteiger charge is 2.37. The van der Waals surface area contributed by atoms with Crippen LogP contribution < -0.4 is 10.1 Å². The van der Waals surface area contributed by atoms with Crippen LogP contribution in [0.1, 0.15) is 18.5 Å². The van der Waals surface area contributed by atoms with Gasteiger partial charge < -0.3 is 10.1 Å². The van der Waals surface area contributed by atoms with E-state index in [1.807, 2.05) is 0 Å². The van der Waals surface area contributed by atoms with Crippen LogP contribution in [0.25, 0.3) is 0 Å². The summed E-state index contributed by atoms with van der Waals surface area (Å²) in [5, 5.41) is 12.3. The summed E-state index contributed by atoms with van der Waals surface area (Å²) in [5.74, 6) is -0.372. The van der Waals surface area contributed by atoms with Crippen molar-refractivity contribution < 1.29 is 27.9 Å². The second-order valence-electron chi connectivity index (χ2n) is 4.13. The van der Waals surface area contributed by atoms with Crippen molar-refractivity contribution in [3.05, 3.63) is 29.8 Å². The number of amides is 2. The number of alkyl halides is 3. The number of urea groups is 1. The van der Waals surface area contributed by atoms with Crippen LogP contribution >= 0.6 is 0 Å². The first-order valence-corrected chi connectivity index (χ1v) is 5.42. The number of hydrogen-bond donors (Lipinski definition) is 2. The Labute approximate surface area is 106 Å². The summed E-state index contributed by atoms with van der Waals surface area (Å²) in [7, 11) is 0. The Morgan fingerprint density at radius 1 is 1.42 bits per heavy atom. The Balaban J connectivity index is 2.22. The molecule has 104 valence electrons. The number of hydroxylamine groups is 2. The minimum atomic E-state index is -4.77. The summed E-state index contributed by atoms with van der Waals surface area (Å²) in [6, 6.07) is 3.38.